The van der Waals surface area contributed by atoms with Crippen LogP contribution in [0.15, 0.2) is 58.8 Å². The molecule has 2 amide bonds. The molecule has 1 aliphatic heterocycles. The van der Waals surface area contributed by atoms with E-state index in [1.165, 1.54) is 16.0 Å². The third-order valence-electron chi connectivity index (χ3n) is 8.26. The van der Waals surface area contributed by atoms with Gasteiger partial charge in [0.1, 0.15) is 6.61 Å². The largest absolute Gasteiger partial charge is 0.392 e. The molecule has 0 spiro atoms. The molecule has 4 rings (SSSR count). The van der Waals surface area contributed by atoms with Crippen molar-refractivity contribution >= 4 is 17.5 Å². The lowest BCUT2D eigenvalue weighted by Crippen LogP contribution is -2.54. The summed E-state index contributed by atoms with van der Waals surface area (Å²) in [4.78, 5) is 34.1. The molecule has 7 heteroatoms. The van der Waals surface area contributed by atoms with Gasteiger partial charge in [0.15, 0.2) is 0 Å². The smallest absolute Gasteiger partial charge is 0.234 e. The summed E-state index contributed by atoms with van der Waals surface area (Å²) in [6.07, 6.45) is 5.41. The van der Waals surface area contributed by atoms with Crippen LogP contribution in [-0.4, -0.2) is 51.5 Å². The van der Waals surface area contributed by atoms with Gasteiger partial charge in [0.25, 0.3) is 0 Å². The number of amides is 2. The first-order valence-electron chi connectivity index (χ1n) is 13.5. The van der Waals surface area contributed by atoms with Crippen LogP contribution in [-0.2, 0) is 14.4 Å². The second-order valence-corrected chi connectivity index (χ2v) is 11.0. The first-order valence-corrected chi connectivity index (χ1v) is 13.5. The summed E-state index contributed by atoms with van der Waals surface area (Å²) >= 11 is 0. The van der Waals surface area contributed by atoms with Crippen molar-refractivity contribution in [2.75, 3.05) is 6.61 Å². The third kappa shape index (κ3) is 5.73. The number of likely N-dealkylation sites (tertiary alicyclic amines) is 1. The van der Waals surface area contributed by atoms with Crippen LogP contribution in [0.2, 0.25) is 0 Å². The Kier molecular flexibility index (Phi) is 8.65. The van der Waals surface area contributed by atoms with Gasteiger partial charge in [0.05, 0.1) is 35.8 Å². The van der Waals surface area contributed by atoms with Gasteiger partial charge in [0.2, 0.25) is 11.8 Å². The number of hydrogen-bond acceptors (Lipinski definition) is 6. The molecule has 3 aliphatic rings. The van der Waals surface area contributed by atoms with Crippen LogP contribution >= 0.6 is 0 Å². The number of allylic oxidation sites excluding steroid dienone is 3. The summed E-state index contributed by atoms with van der Waals surface area (Å²) in [6.45, 7) is 8.43. The Morgan fingerprint density at radius 1 is 1.08 bits per heavy atom. The van der Waals surface area contributed by atoms with E-state index in [1.54, 1.807) is 0 Å². The quantitative estimate of drug-likeness (QED) is 0.232. The second kappa shape index (κ2) is 11.7. The summed E-state index contributed by atoms with van der Waals surface area (Å²) in [5.74, 6) is -2.34. The van der Waals surface area contributed by atoms with E-state index < -0.39 is 30.0 Å². The van der Waals surface area contributed by atoms with E-state index in [0.717, 1.165) is 18.4 Å². The molecule has 0 radical (unpaired) electrons. The third-order valence-corrected chi connectivity index (χ3v) is 8.26. The molecule has 0 bridgehead atoms. The number of fused-ring (bicyclic) bond motifs is 3. The van der Waals surface area contributed by atoms with Crippen LogP contribution in [0.4, 0.5) is 0 Å². The van der Waals surface area contributed by atoms with Crippen LogP contribution in [0, 0.1) is 23.7 Å². The van der Waals surface area contributed by atoms with Gasteiger partial charge in [-0.25, -0.2) is 0 Å². The maximum absolute atomic E-state index is 13.7. The monoisotopic (exact) mass is 508 g/mol. The number of aliphatic hydroxyl groups is 2. The van der Waals surface area contributed by atoms with Gasteiger partial charge in [-0.3, -0.25) is 14.5 Å². The average Bonchev–Trinajstić information content (AvgIpc) is 3.13. The molecule has 1 heterocycles. The maximum atomic E-state index is 13.7. The van der Waals surface area contributed by atoms with E-state index in [9.17, 15) is 19.8 Å². The van der Waals surface area contributed by atoms with E-state index in [4.69, 9.17) is 4.84 Å². The van der Waals surface area contributed by atoms with Gasteiger partial charge in [0, 0.05) is 18.3 Å². The Labute approximate surface area is 219 Å². The lowest BCUT2D eigenvalue weighted by molar-refractivity contribution is -0.144. The number of imide groups is 1. The minimum absolute atomic E-state index is 0.180. The fourth-order valence-corrected chi connectivity index (χ4v) is 6.25. The zero-order valence-electron chi connectivity index (χ0n) is 22.3. The van der Waals surface area contributed by atoms with Crippen LogP contribution < -0.4 is 0 Å². The summed E-state index contributed by atoms with van der Waals surface area (Å²) in [6, 6.07) is 9.12. The molecule has 7 atom stereocenters. The summed E-state index contributed by atoms with van der Waals surface area (Å²) in [5, 5.41) is 26.1. The number of benzene rings is 1. The van der Waals surface area contributed by atoms with Crippen LogP contribution in [0.25, 0.3) is 0 Å². The zero-order valence-corrected chi connectivity index (χ0v) is 22.3. The summed E-state index contributed by atoms with van der Waals surface area (Å²) < 4.78 is 0. The number of oxime groups is 1. The van der Waals surface area contributed by atoms with Crippen molar-refractivity contribution in [2.24, 2.45) is 28.8 Å². The molecular weight excluding hydrogens is 468 g/mol. The van der Waals surface area contributed by atoms with Crippen molar-refractivity contribution in [1.82, 2.24) is 4.90 Å². The molecule has 2 aliphatic carbocycles. The minimum atomic E-state index is -1.09. The Balaban J connectivity index is 1.49. The Hall–Kier alpha value is -2.77. The van der Waals surface area contributed by atoms with E-state index in [-0.39, 0.29) is 30.2 Å². The summed E-state index contributed by atoms with van der Waals surface area (Å²) in [5.41, 5.74) is 4.09. The second-order valence-electron chi connectivity index (χ2n) is 11.0. The standard InChI is InChI=1S/C30H40N2O5/c1-18(2)9-8-10-19(3)15-16-37-31-24-17-25(33)28(34)26-22(24)13-14-23-27(26)30(36)32(29(23)35)20(4)21-11-6-5-7-12-21/h5-7,9,11-12,15,20,22-23,25-28,33-34H,8,10,13-14,16-17H2,1-4H3/b19-15+,31-24-/t20-,22+,23-,25+,26-,27+,28+/m0/s1. The molecule has 3 fully saturated rings. The predicted molar refractivity (Wildman–Crippen MR) is 142 cm³/mol. The van der Waals surface area contributed by atoms with Crippen LogP contribution in [0.5, 0.6) is 0 Å². The SMILES string of the molecule is CC(C)=CCC/C(C)=C/CO/N=C1/C[C@@H](O)[C@@H](O)[C@@H]2[C@@H]3C(=O)N([C@@H](C)c4ccccc4)C(=O)[C@H]3CC[C@H]12. The van der Waals surface area contributed by atoms with Gasteiger partial charge >= 0.3 is 0 Å². The Morgan fingerprint density at radius 2 is 1.78 bits per heavy atom. The topological polar surface area (TPSA) is 99.4 Å². The van der Waals surface area contributed by atoms with Gasteiger partial charge in [-0.15, -0.1) is 0 Å². The van der Waals surface area contributed by atoms with E-state index in [2.05, 4.69) is 32.0 Å². The van der Waals surface area contributed by atoms with E-state index >= 15 is 0 Å². The fraction of sp³-hybridized carbons (Fsp3) is 0.567. The molecular formula is C30H40N2O5. The molecule has 2 N–H and O–H groups in total. The zero-order chi connectivity index (χ0) is 26.7. The molecule has 7 nitrogen and oxygen atoms in total. The average molecular weight is 509 g/mol. The Bertz CT molecular complexity index is 1070. The summed E-state index contributed by atoms with van der Waals surface area (Å²) in [7, 11) is 0. The van der Waals surface area contributed by atoms with Crippen LogP contribution in [0.3, 0.4) is 0 Å². The van der Waals surface area contributed by atoms with Gasteiger partial charge in [-0.05, 0) is 65.0 Å². The van der Waals surface area contributed by atoms with E-state index in [0.29, 0.717) is 25.2 Å². The number of hydrogen-bond donors (Lipinski definition) is 2. The normalized spacial score (nSPS) is 31.7. The highest BCUT2D eigenvalue weighted by Crippen LogP contribution is 2.51. The highest BCUT2D eigenvalue weighted by Gasteiger charge is 2.60. The van der Waals surface area contributed by atoms with Crippen molar-refractivity contribution in [1.29, 1.82) is 0 Å². The molecule has 200 valence electrons. The lowest BCUT2D eigenvalue weighted by Gasteiger charge is -2.45. The predicted octanol–water partition coefficient (Wildman–Crippen LogP) is 4.57. The van der Waals surface area contributed by atoms with Gasteiger partial charge < -0.3 is 15.1 Å². The fourth-order valence-electron chi connectivity index (χ4n) is 6.25. The number of carbonyl (C=O) groups is 2. The molecule has 0 unspecified atom stereocenters. The van der Waals surface area contributed by atoms with Crippen molar-refractivity contribution < 1.29 is 24.6 Å². The maximum Gasteiger partial charge on any atom is 0.234 e. The van der Waals surface area contributed by atoms with Crippen LogP contribution in [0.1, 0.15) is 71.4 Å². The van der Waals surface area contributed by atoms with Crippen molar-refractivity contribution in [3.63, 3.8) is 0 Å². The highest BCUT2D eigenvalue weighted by molar-refractivity contribution is 6.06. The van der Waals surface area contributed by atoms with Crippen molar-refractivity contribution in [3.05, 3.63) is 59.2 Å². The number of carbonyl (C=O) groups excluding carboxylic acids is 2. The van der Waals surface area contributed by atoms with Gasteiger partial charge in [-0.1, -0.05) is 52.7 Å². The highest BCUT2D eigenvalue weighted by atomic mass is 16.6. The molecule has 0 aromatic heterocycles. The first-order chi connectivity index (χ1) is 17.7. The van der Waals surface area contributed by atoms with E-state index in [1.807, 2.05) is 43.3 Å². The molecule has 1 aromatic rings. The van der Waals surface area contributed by atoms with Crippen molar-refractivity contribution in [2.45, 2.75) is 78.0 Å². The molecule has 37 heavy (non-hydrogen) atoms. The Morgan fingerprint density at radius 3 is 2.49 bits per heavy atom. The number of nitrogens with zero attached hydrogens (tertiary/aromatic N) is 2. The number of rotatable bonds is 8. The first kappa shape index (κ1) is 27.3. The lowest BCUT2D eigenvalue weighted by atomic mass is 9.60. The molecule has 1 aromatic carbocycles. The van der Waals surface area contributed by atoms with Crippen molar-refractivity contribution in [3.8, 4) is 0 Å². The number of aliphatic hydroxyl groups excluding tert-OH is 2. The molecule has 1 saturated heterocycles. The van der Waals surface area contributed by atoms with Gasteiger partial charge in [-0.2, -0.15) is 0 Å². The minimum Gasteiger partial charge on any atom is -0.392 e. The molecule has 2 saturated carbocycles.